The zero-order valence-corrected chi connectivity index (χ0v) is 9.30. The van der Waals surface area contributed by atoms with Gasteiger partial charge in [0.15, 0.2) is 11.5 Å². The van der Waals surface area contributed by atoms with E-state index >= 15 is 0 Å². The highest BCUT2D eigenvalue weighted by atomic mass is 15.3. The van der Waals surface area contributed by atoms with E-state index in [1.165, 1.54) is 6.42 Å². The quantitative estimate of drug-likeness (QED) is 0.776. The fourth-order valence-electron chi connectivity index (χ4n) is 2.29. The van der Waals surface area contributed by atoms with Gasteiger partial charge in [0.25, 0.3) is 0 Å². The molecule has 0 radical (unpaired) electrons. The van der Waals surface area contributed by atoms with Crippen molar-refractivity contribution in [1.82, 2.24) is 19.5 Å². The van der Waals surface area contributed by atoms with Crippen LogP contribution in [-0.4, -0.2) is 33.1 Å². The average molecular weight is 217 g/mol. The van der Waals surface area contributed by atoms with Crippen molar-refractivity contribution >= 4 is 11.3 Å². The first-order chi connectivity index (χ1) is 7.74. The van der Waals surface area contributed by atoms with Crippen molar-refractivity contribution in [2.45, 2.75) is 18.9 Å². The molecule has 3 heterocycles. The van der Waals surface area contributed by atoms with E-state index in [1.807, 2.05) is 18.3 Å². The van der Waals surface area contributed by atoms with E-state index in [0.29, 0.717) is 6.04 Å². The number of aromatic nitrogens is 3. The van der Waals surface area contributed by atoms with Crippen LogP contribution in [0.1, 0.15) is 24.7 Å². The molecule has 0 saturated carbocycles. The predicted molar refractivity (Wildman–Crippen MR) is 62.0 cm³/mol. The molecule has 84 valence electrons. The number of hydrogen-bond donors (Lipinski definition) is 1. The van der Waals surface area contributed by atoms with Crippen LogP contribution in [0.3, 0.4) is 0 Å². The van der Waals surface area contributed by atoms with Crippen molar-refractivity contribution < 1.29 is 0 Å². The van der Waals surface area contributed by atoms with E-state index in [2.05, 4.69) is 22.0 Å². The van der Waals surface area contributed by atoms with Crippen molar-refractivity contribution in [2.75, 3.05) is 19.3 Å². The summed E-state index contributed by atoms with van der Waals surface area (Å²) in [5.41, 5.74) is 7.28. The molecule has 1 saturated heterocycles. The lowest BCUT2D eigenvalue weighted by atomic mass is 10.2. The minimum absolute atomic E-state index is 0.362. The van der Waals surface area contributed by atoms with Gasteiger partial charge in [-0.25, -0.2) is 9.50 Å². The van der Waals surface area contributed by atoms with E-state index in [-0.39, 0.29) is 0 Å². The highest BCUT2D eigenvalue weighted by Gasteiger charge is 2.26. The lowest BCUT2D eigenvalue weighted by molar-refractivity contribution is 0.306. The second-order valence-electron chi connectivity index (χ2n) is 4.37. The summed E-state index contributed by atoms with van der Waals surface area (Å²) >= 11 is 0. The Kier molecular flexibility index (Phi) is 2.07. The Morgan fingerprint density at radius 1 is 1.50 bits per heavy atom. The molecule has 1 atom stereocenters. The van der Waals surface area contributed by atoms with Crippen LogP contribution in [0.25, 0.3) is 5.65 Å². The molecular weight excluding hydrogens is 202 g/mol. The van der Waals surface area contributed by atoms with Gasteiger partial charge >= 0.3 is 0 Å². The highest BCUT2D eigenvalue weighted by molar-refractivity contribution is 5.50. The average Bonchev–Trinajstić information content (AvgIpc) is 2.82. The first-order valence-electron chi connectivity index (χ1n) is 5.56. The number of rotatable bonds is 1. The molecule has 5 nitrogen and oxygen atoms in total. The summed E-state index contributed by atoms with van der Waals surface area (Å²) in [5.74, 6) is 0.908. The number of nitrogens with two attached hydrogens (primary N) is 1. The van der Waals surface area contributed by atoms with E-state index in [4.69, 9.17) is 5.73 Å². The van der Waals surface area contributed by atoms with Crippen molar-refractivity contribution in [3.63, 3.8) is 0 Å². The van der Waals surface area contributed by atoms with E-state index in [0.717, 1.165) is 30.1 Å². The van der Waals surface area contributed by atoms with Gasteiger partial charge in [0.1, 0.15) is 0 Å². The second-order valence-corrected chi connectivity index (χ2v) is 4.37. The lowest BCUT2D eigenvalue weighted by Crippen LogP contribution is -2.18. The van der Waals surface area contributed by atoms with Gasteiger partial charge in [-0.1, -0.05) is 0 Å². The molecule has 0 amide bonds. The number of likely N-dealkylation sites (tertiary alicyclic amines) is 1. The predicted octanol–water partition coefficient (Wildman–Crippen LogP) is 1.08. The van der Waals surface area contributed by atoms with Crippen LogP contribution in [-0.2, 0) is 0 Å². The van der Waals surface area contributed by atoms with Gasteiger partial charge in [0, 0.05) is 18.0 Å². The third-order valence-corrected chi connectivity index (χ3v) is 3.20. The van der Waals surface area contributed by atoms with Gasteiger partial charge < -0.3 is 5.73 Å². The molecule has 5 heteroatoms. The molecule has 1 fully saturated rings. The Hall–Kier alpha value is -1.62. The zero-order valence-electron chi connectivity index (χ0n) is 9.30. The number of nitrogen functional groups attached to an aromatic ring is 1. The number of fused-ring (bicyclic) bond motifs is 1. The molecule has 0 bridgehead atoms. The largest absolute Gasteiger partial charge is 0.399 e. The highest BCUT2D eigenvalue weighted by Crippen LogP contribution is 2.28. The Morgan fingerprint density at radius 2 is 2.38 bits per heavy atom. The summed E-state index contributed by atoms with van der Waals surface area (Å²) in [4.78, 5) is 6.84. The number of nitrogens with zero attached hydrogens (tertiary/aromatic N) is 4. The Balaban J connectivity index is 2.04. The minimum atomic E-state index is 0.362. The molecular formula is C11H15N5. The van der Waals surface area contributed by atoms with Crippen LogP contribution >= 0.6 is 0 Å². The third-order valence-electron chi connectivity index (χ3n) is 3.20. The smallest absolute Gasteiger partial charge is 0.168 e. The molecule has 3 rings (SSSR count). The maximum absolute atomic E-state index is 5.72. The summed E-state index contributed by atoms with van der Waals surface area (Å²) in [7, 11) is 2.12. The number of anilines is 1. The monoisotopic (exact) mass is 217 g/mol. The minimum Gasteiger partial charge on any atom is -0.399 e. The molecule has 0 aromatic carbocycles. The standard InChI is InChI=1S/C11H15N5/c1-15-5-2-3-9(15)11-13-10-7-8(12)4-6-16(10)14-11/h4,6-7,9H,2-3,5,12H2,1H3. The molecule has 16 heavy (non-hydrogen) atoms. The molecule has 1 aliphatic rings. The van der Waals surface area contributed by atoms with Crippen LogP contribution in [0.4, 0.5) is 5.69 Å². The first-order valence-corrected chi connectivity index (χ1v) is 5.56. The summed E-state index contributed by atoms with van der Waals surface area (Å²) in [6.07, 6.45) is 4.22. The third kappa shape index (κ3) is 1.44. The maximum Gasteiger partial charge on any atom is 0.168 e. The summed E-state index contributed by atoms with van der Waals surface area (Å²) in [6.45, 7) is 1.13. The van der Waals surface area contributed by atoms with Crippen LogP contribution in [0.5, 0.6) is 0 Å². The fourth-order valence-corrected chi connectivity index (χ4v) is 2.29. The SMILES string of the molecule is CN1CCCC1c1nc2cc(N)ccn2n1. The van der Waals surface area contributed by atoms with E-state index in [9.17, 15) is 0 Å². The normalized spacial score (nSPS) is 21.9. The lowest BCUT2D eigenvalue weighted by Gasteiger charge is -2.15. The topological polar surface area (TPSA) is 59.5 Å². The van der Waals surface area contributed by atoms with Crippen molar-refractivity contribution in [3.8, 4) is 0 Å². The molecule has 1 aliphatic heterocycles. The summed E-state index contributed by atoms with van der Waals surface area (Å²) in [6, 6.07) is 4.05. The zero-order chi connectivity index (χ0) is 11.1. The molecule has 1 unspecified atom stereocenters. The van der Waals surface area contributed by atoms with E-state index in [1.54, 1.807) is 4.52 Å². The second kappa shape index (κ2) is 3.45. The van der Waals surface area contributed by atoms with Gasteiger partial charge in [-0.15, -0.1) is 5.10 Å². The van der Waals surface area contributed by atoms with Gasteiger partial charge in [0.05, 0.1) is 6.04 Å². The molecule has 0 aliphatic carbocycles. The van der Waals surface area contributed by atoms with Crippen LogP contribution in [0.2, 0.25) is 0 Å². The Labute approximate surface area is 93.9 Å². The maximum atomic E-state index is 5.72. The Morgan fingerprint density at radius 3 is 3.12 bits per heavy atom. The van der Waals surface area contributed by atoms with Crippen LogP contribution in [0.15, 0.2) is 18.3 Å². The van der Waals surface area contributed by atoms with Gasteiger partial charge in [0.2, 0.25) is 0 Å². The van der Waals surface area contributed by atoms with Gasteiger partial charge in [-0.05, 0) is 32.5 Å². The van der Waals surface area contributed by atoms with E-state index < -0.39 is 0 Å². The summed E-state index contributed by atoms with van der Waals surface area (Å²) < 4.78 is 1.79. The number of hydrogen-bond acceptors (Lipinski definition) is 4. The first kappa shape index (κ1) is 9.59. The van der Waals surface area contributed by atoms with Crippen molar-refractivity contribution in [1.29, 1.82) is 0 Å². The molecule has 2 aromatic rings. The van der Waals surface area contributed by atoms with Gasteiger partial charge in [-0.2, -0.15) is 0 Å². The molecule has 2 N–H and O–H groups in total. The fraction of sp³-hybridized carbons (Fsp3) is 0.455. The van der Waals surface area contributed by atoms with Crippen molar-refractivity contribution in [3.05, 3.63) is 24.2 Å². The molecule has 0 spiro atoms. The van der Waals surface area contributed by atoms with Crippen molar-refractivity contribution in [2.24, 2.45) is 0 Å². The molecule has 2 aromatic heterocycles. The summed E-state index contributed by atoms with van der Waals surface area (Å²) in [5, 5.41) is 4.49. The van der Waals surface area contributed by atoms with Crippen LogP contribution < -0.4 is 5.73 Å². The van der Waals surface area contributed by atoms with Crippen LogP contribution in [0, 0.1) is 0 Å². The number of pyridine rings is 1. The van der Waals surface area contributed by atoms with Gasteiger partial charge in [-0.3, -0.25) is 4.90 Å². The Bertz CT molecular complexity index is 518.